The molecule has 4 aromatic rings. The van der Waals surface area contributed by atoms with E-state index >= 15 is 0 Å². The van der Waals surface area contributed by atoms with E-state index in [4.69, 9.17) is 14.5 Å². The van der Waals surface area contributed by atoms with E-state index in [1.54, 1.807) is 26.4 Å². The van der Waals surface area contributed by atoms with Crippen molar-refractivity contribution >= 4 is 16.9 Å². The number of benzene rings is 3. The van der Waals surface area contributed by atoms with Crippen LogP contribution in [0.1, 0.15) is 41.0 Å². The van der Waals surface area contributed by atoms with Crippen LogP contribution in [0, 0.1) is 19.7 Å². The molecule has 0 saturated carbocycles. The fraction of sp³-hybridized carbons (Fsp3) is 0.310. The SMILES string of the molecule is COc1ccc(CCNC(=O)C(C)n2c(Cc3ccccc3F)nc3cc(C)c(C)cc32)cc1OC. The van der Waals surface area contributed by atoms with Crippen LogP contribution in [-0.2, 0) is 17.6 Å². The molecule has 0 fully saturated rings. The second-order valence-electron chi connectivity index (χ2n) is 9.00. The monoisotopic (exact) mass is 489 g/mol. The fourth-order valence-corrected chi connectivity index (χ4v) is 4.40. The van der Waals surface area contributed by atoms with Gasteiger partial charge in [0.15, 0.2) is 11.5 Å². The van der Waals surface area contributed by atoms with Gasteiger partial charge in [-0.1, -0.05) is 24.3 Å². The molecule has 1 heterocycles. The Morgan fingerprint density at radius 3 is 2.47 bits per heavy atom. The van der Waals surface area contributed by atoms with Crippen molar-refractivity contribution in [3.05, 3.63) is 88.5 Å². The first-order chi connectivity index (χ1) is 17.3. The van der Waals surface area contributed by atoms with E-state index in [-0.39, 0.29) is 11.7 Å². The number of halogens is 1. The maximum Gasteiger partial charge on any atom is 0.242 e. The molecule has 0 bridgehead atoms. The summed E-state index contributed by atoms with van der Waals surface area (Å²) in [5, 5.41) is 3.04. The zero-order chi connectivity index (χ0) is 25.8. The number of nitrogens with one attached hydrogen (secondary N) is 1. The molecule has 0 radical (unpaired) electrons. The molecule has 3 aromatic carbocycles. The predicted molar refractivity (Wildman–Crippen MR) is 139 cm³/mol. The maximum absolute atomic E-state index is 14.4. The Labute approximate surface area is 211 Å². The number of rotatable bonds is 9. The van der Waals surface area contributed by atoms with Crippen LogP contribution in [0.25, 0.3) is 11.0 Å². The lowest BCUT2D eigenvalue weighted by Gasteiger charge is -2.18. The number of amides is 1. The van der Waals surface area contributed by atoms with E-state index in [1.807, 2.05) is 55.7 Å². The van der Waals surface area contributed by atoms with Gasteiger partial charge in [0.25, 0.3) is 0 Å². The topological polar surface area (TPSA) is 65.4 Å². The summed E-state index contributed by atoms with van der Waals surface area (Å²) in [6, 6.07) is 16.0. The highest BCUT2D eigenvalue weighted by atomic mass is 19.1. The number of aryl methyl sites for hydroxylation is 2. The molecule has 188 valence electrons. The van der Waals surface area contributed by atoms with Crippen LogP contribution in [0.2, 0.25) is 0 Å². The summed E-state index contributed by atoms with van der Waals surface area (Å²) < 4.78 is 27.0. The molecule has 0 aliphatic heterocycles. The van der Waals surface area contributed by atoms with Crippen LogP contribution in [-0.4, -0.2) is 36.2 Å². The third-order valence-electron chi connectivity index (χ3n) is 6.61. The van der Waals surface area contributed by atoms with Gasteiger partial charge in [0.2, 0.25) is 5.91 Å². The number of hydrogen-bond acceptors (Lipinski definition) is 4. The standard InChI is InChI=1S/C29H32FN3O3/c1-18-14-24-25(15-19(18)2)33(28(32-24)17-22-8-6-7-9-23(22)30)20(3)29(34)31-13-12-21-10-11-26(35-4)27(16-21)36-5/h6-11,14-16,20H,12-13,17H2,1-5H3,(H,31,34). The zero-order valence-electron chi connectivity index (χ0n) is 21.4. The number of aromatic nitrogens is 2. The second-order valence-corrected chi connectivity index (χ2v) is 9.00. The van der Waals surface area contributed by atoms with Gasteiger partial charge in [0, 0.05) is 13.0 Å². The Balaban J connectivity index is 1.57. The Morgan fingerprint density at radius 2 is 1.75 bits per heavy atom. The van der Waals surface area contributed by atoms with E-state index < -0.39 is 6.04 Å². The average molecular weight is 490 g/mol. The zero-order valence-corrected chi connectivity index (χ0v) is 21.4. The minimum Gasteiger partial charge on any atom is -0.493 e. The Kier molecular flexibility index (Phi) is 7.58. The Hall–Kier alpha value is -3.87. The van der Waals surface area contributed by atoms with Crippen molar-refractivity contribution in [2.75, 3.05) is 20.8 Å². The Bertz CT molecular complexity index is 1400. The van der Waals surface area contributed by atoms with E-state index in [0.717, 1.165) is 27.7 Å². The third-order valence-corrected chi connectivity index (χ3v) is 6.61. The minimum atomic E-state index is -0.524. The number of carbonyl (C=O) groups excluding carboxylic acids is 1. The van der Waals surface area contributed by atoms with Crippen LogP contribution in [0.3, 0.4) is 0 Å². The normalized spacial score (nSPS) is 11.9. The van der Waals surface area contributed by atoms with Gasteiger partial charge in [0.05, 0.1) is 25.3 Å². The van der Waals surface area contributed by atoms with Gasteiger partial charge in [-0.3, -0.25) is 4.79 Å². The quantitative estimate of drug-likeness (QED) is 0.346. The van der Waals surface area contributed by atoms with E-state index in [9.17, 15) is 9.18 Å². The Morgan fingerprint density at radius 1 is 1.03 bits per heavy atom. The molecule has 0 spiro atoms. The lowest BCUT2D eigenvalue weighted by molar-refractivity contribution is -0.123. The highest BCUT2D eigenvalue weighted by Gasteiger charge is 2.23. The van der Waals surface area contributed by atoms with E-state index in [2.05, 4.69) is 11.4 Å². The molecule has 1 amide bonds. The van der Waals surface area contributed by atoms with E-state index in [0.29, 0.717) is 42.3 Å². The lowest BCUT2D eigenvalue weighted by atomic mass is 10.1. The average Bonchev–Trinajstić information content (AvgIpc) is 3.21. The summed E-state index contributed by atoms with van der Waals surface area (Å²) in [6.07, 6.45) is 0.937. The van der Waals surface area contributed by atoms with Crippen LogP contribution >= 0.6 is 0 Å². The molecule has 36 heavy (non-hydrogen) atoms. The summed E-state index contributed by atoms with van der Waals surface area (Å²) in [5.41, 5.74) is 5.48. The van der Waals surface area contributed by atoms with Crippen molar-refractivity contribution in [3.63, 3.8) is 0 Å². The largest absolute Gasteiger partial charge is 0.493 e. The summed E-state index contributed by atoms with van der Waals surface area (Å²) >= 11 is 0. The number of ether oxygens (including phenoxy) is 2. The lowest BCUT2D eigenvalue weighted by Crippen LogP contribution is -2.33. The molecule has 4 rings (SSSR count). The summed E-state index contributed by atoms with van der Waals surface area (Å²) in [4.78, 5) is 18.1. The molecular weight excluding hydrogens is 457 g/mol. The van der Waals surface area contributed by atoms with Crippen molar-refractivity contribution in [1.82, 2.24) is 14.9 Å². The van der Waals surface area contributed by atoms with Crippen molar-refractivity contribution in [2.45, 2.75) is 39.7 Å². The number of hydrogen-bond donors (Lipinski definition) is 1. The van der Waals surface area contributed by atoms with Gasteiger partial charge in [-0.25, -0.2) is 9.37 Å². The van der Waals surface area contributed by atoms with Gasteiger partial charge in [-0.2, -0.15) is 0 Å². The highest BCUT2D eigenvalue weighted by molar-refractivity contribution is 5.85. The van der Waals surface area contributed by atoms with Crippen molar-refractivity contribution in [2.24, 2.45) is 0 Å². The van der Waals surface area contributed by atoms with Gasteiger partial charge in [0.1, 0.15) is 17.7 Å². The van der Waals surface area contributed by atoms with Crippen LogP contribution < -0.4 is 14.8 Å². The maximum atomic E-state index is 14.4. The number of imidazole rings is 1. The molecular formula is C29H32FN3O3. The van der Waals surface area contributed by atoms with Gasteiger partial charge < -0.3 is 19.4 Å². The summed E-state index contributed by atoms with van der Waals surface area (Å²) in [7, 11) is 3.20. The molecule has 0 saturated heterocycles. The first kappa shape index (κ1) is 25.2. The molecule has 1 N–H and O–H groups in total. The summed E-state index contributed by atoms with van der Waals surface area (Å²) in [5.74, 6) is 1.57. The molecule has 0 aliphatic carbocycles. The molecule has 1 aromatic heterocycles. The molecule has 7 heteroatoms. The van der Waals surface area contributed by atoms with Crippen molar-refractivity contribution in [1.29, 1.82) is 0 Å². The van der Waals surface area contributed by atoms with Crippen LogP contribution in [0.15, 0.2) is 54.6 Å². The number of fused-ring (bicyclic) bond motifs is 1. The first-order valence-electron chi connectivity index (χ1n) is 12.0. The number of carbonyl (C=O) groups is 1. The van der Waals surface area contributed by atoms with Gasteiger partial charge >= 0.3 is 0 Å². The number of nitrogens with zero attached hydrogens (tertiary/aromatic N) is 2. The molecule has 6 nitrogen and oxygen atoms in total. The number of methoxy groups -OCH3 is 2. The molecule has 0 aliphatic rings. The third kappa shape index (κ3) is 5.20. The van der Waals surface area contributed by atoms with Crippen molar-refractivity contribution < 1.29 is 18.7 Å². The van der Waals surface area contributed by atoms with Crippen molar-refractivity contribution in [3.8, 4) is 11.5 Å². The van der Waals surface area contributed by atoms with Crippen LogP contribution in [0.5, 0.6) is 11.5 Å². The summed E-state index contributed by atoms with van der Waals surface area (Å²) in [6.45, 7) is 6.39. The van der Waals surface area contributed by atoms with Gasteiger partial charge in [-0.05, 0) is 79.8 Å². The smallest absolute Gasteiger partial charge is 0.242 e. The second kappa shape index (κ2) is 10.8. The first-order valence-corrected chi connectivity index (χ1v) is 12.0. The predicted octanol–water partition coefficient (Wildman–Crippen LogP) is 5.32. The fourth-order valence-electron chi connectivity index (χ4n) is 4.40. The molecule has 1 unspecified atom stereocenters. The van der Waals surface area contributed by atoms with Crippen LogP contribution in [0.4, 0.5) is 4.39 Å². The minimum absolute atomic E-state index is 0.122. The van der Waals surface area contributed by atoms with E-state index in [1.165, 1.54) is 6.07 Å². The molecule has 1 atom stereocenters. The highest BCUT2D eigenvalue weighted by Crippen LogP contribution is 2.28. The van der Waals surface area contributed by atoms with Gasteiger partial charge in [-0.15, -0.1) is 0 Å².